The van der Waals surface area contributed by atoms with Crippen molar-refractivity contribution in [3.8, 4) is 0 Å². The summed E-state index contributed by atoms with van der Waals surface area (Å²) in [6.45, 7) is 1.08. The molecule has 90 valence electrons. The molecule has 0 atom stereocenters. The second-order valence-electron chi connectivity index (χ2n) is 3.52. The quantitative estimate of drug-likeness (QED) is 0.916. The highest BCUT2D eigenvalue weighted by Gasteiger charge is 2.09. The number of nitrogens with two attached hydrogens (primary N) is 1. The van der Waals surface area contributed by atoms with Crippen molar-refractivity contribution in [1.29, 1.82) is 0 Å². The minimum absolute atomic E-state index is 0.492. The molecule has 0 saturated heterocycles. The Balaban J connectivity index is 2.22. The van der Waals surface area contributed by atoms with Crippen LogP contribution in [0.5, 0.6) is 0 Å². The summed E-state index contributed by atoms with van der Waals surface area (Å²) in [6.07, 6.45) is 0.559. The summed E-state index contributed by atoms with van der Waals surface area (Å²) in [5.74, 6) is 0.736. The van der Waals surface area contributed by atoms with Crippen molar-refractivity contribution in [3.63, 3.8) is 0 Å². The lowest BCUT2D eigenvalue weighted by atomic mass is 10.1. The summed E-state index contributed by atoms with van der Waals surface area (Å²) >= 11 is 11.9. The lowest BCUT2D eigenvalue weighted by molar-refractivity contribution is 0.578. The molecular weight excluding hydrogens is 261 g/mol. The number of hydrogen-bond donors (Lipinski definition) is 1. The second kappa shape index (κ2) is 5.44. The molecule has 17 heavy (non-hydrogen) atoms. The molecule has 5 nitrogen and oxygen atoms in total. The Morgan fingerprint density at radius 1 is 1.29 bits per heavy atom. The zero-order valence-electron chi connectivity index (χ0n) is 8.98. The van der Waals surface area contributed by atoms with Crippen LogP contribution in [0.2, 0.25) is 10.0 Å². The van der Waals surface area contributed by atoms with Gasteiger partial charge >= 0.3 is 0 Å². The van der Waals surface area contributed by atoms with Crippen molar-refractivity contribution in [3.05, 3.63) is 39.6 Å². The molecule has 1 aromatic carbocycles. The van der Waals surface area contributed by atoms with Gasteiger partial charge in [0.1, 0.15) is 0 Å². The van der Waals surface area contributed by atoms with Gasteiger partial charge in [-0.25, -0.2) is 4.68 Å². The highest BCUT2D eigenvalue weighted by Crippen LogP contribution is 2.22. The molecular formula is C10H11Cl2N5. The molecule has 1 heterocycles. The van der Waals surface area contributed by atoms with Crippen LogP contribution < -0.4 is 5.73 Å². The van der Waals surface area contributed by atoms with Crippen LogP contribution in [0.3, 0.4) is 0 Å². The molecule has 0 aliphatic heterocycles. The van der Waals surface area contributed by atoms with Crippen LogP contribution in [0.1, 0.15) is 11.4 Å². The molecule has 2 N–H and O–H groups in total. The van der Waals surface area contributed by atoms with E-state index >= 15 is 0 Å². The van der Waals surface area contributed by atoms with E-state index in [-0.39, 0.29) is 0 Å². The molecule has 0 radical (unpaired) electrons. The zero-order valence-corrected chi connectivity index (χ0v) is 10.5. The smallest absolute Gasteiger partial charge is 0.155 e. The van der Waals surface area contributed by atoms with Crippen molar-refractivity contribution in [2.45, 2.75) is 13.0 Å². The Bertz CT molecular complexity index is 511. The van der Waals surface area contributed by atoms with E-state index in [0.29, 0.717) is 29.6 Å². The normalized spacial score (nSPS) is 10.8. The lowest BCUT2D eigenvalue weighted by Crippen LogP contribution is -2.14. The van der Waals surface area contributed by atoms with Gasteiger partial charge in [-0.15, -0.1) is 5.10 Å². The first-order valence-electron chi connectivity index (χ1n) is 5.09. The minimum atomic E-state index is 0.492. The SMILES string of the molecule is NCCn1nnnc1Cc1ccc(Cl)cc1Cl. The summed E-state index contributed by atoms with van der Waals surface area (Å²) in [5, 5.41) is 12.6. The first-order valence-corrected chi connectivity index (χ1v) is 5.85. The van der Waals surface area contributed by atoms with E-state index in [4.69, 9.17) is 28.9 Å². The molecule has 2 rings (SSSR count). The average Bonchev–Trinajstić information content (AvgIpc) is 2.71. The Kier molecular flexibility index (Phi) is 3.93. The summed E-state index contributed by atoms with van der Waals surface area (Å²) in [4.78, 5) is 0. The van der Waals surface area contributed by atoms with Crippen LogP contribution in [0.15, 0.2) is 18.2 Å². The van der Waals surface area contributed by atoms with Crippen molar-refractivity contribution in [1.82, 2.24) is 20.2 Å². The summed E-state index contributed by atoms with van der Waals surface area (Å²) < 4.78 is 1.67. The topological polar surface area (TPSA) is 69.6 Å². The van der Waals surface area contributed by atoms with Crippen LogP contribution in [0.25, 0.3) is 0 Å². The van der Waals surface area contributed by atoms with Crippen LogP contribution in [0.4, 0.5) is 0 Å². The Labute approximate surface area is 109 Å². The van der Waals surface area contributed by atoms with Gasteiger partial charge in [-0.05, 0) is 28.1 Å². The highest BCUT2D eigenvalue weighted by molar-refractivity contribution is 6.35. The summed E-state index contributed by atoms with van der Waals surface area (Å²) in [6, 6.07) is 5.36. The molecule has 0 bridgehead atoms. The monoisotopic (exact) mass is 271 g/mol. The van der Waals surface area contributed by atoms with Crippen LogP contribution >= 0.6 is 23.2 Å². The third-order valence-electron chi connectivity index (χ3n) is 2.31. The van der Waals surface area contributed by atoms with Crippen LogP contribution in [0, 0.1) is 0 Å². The minimum Gasteiger partial charge on any atom is -0.329 e. The average molecular weight is 272 g/mol. The third-order valence-corrected chi connectivity index (χ3v) is 2.90. The first kappa shape index (κ1) is 12.3. The molecule has 0 amide bonds. The number of aromatic nitrogens is 4. The maximum Gasteiger partial charge on any atom is 0.155 e. The molecule has 2 aromatic rings. The van der Waals surface area contributed by atoms with E-state index < -0.39 is 0 Å². The van der Waals surface area contributed by atoms with E-state index in [2.05, 4.69) is 15.5 Å². The molecule has 0 aliphatic carbocycles. The summed E-state index contributed by atoms with van der Waals surface area (Å²) in [7, 11) is 0. The Hall–Kier alpha value is -1.17. The standard InChI is InChI=1S/C10H11Cl2N5/c11-8-2-1-7(9(12)6-8)5-10-14-15-16-17(10)4-3-13/h1-2,6H,3-5,13H2. The van der Waals surface area contributed by atoms with E-state index in [9.17, 15) is 0 Å². The van der Waals surface area contributed by atoms with Gasteiger partial charge in [-0.2, -0.15) is 0 Å². The third kappa shape index (κ3) is 2.94. The van der Waals surface area contributed by atoms with E-state index in [1.165, 1.54) is 0 Å². The van der Waals surface area contributed by atoms with Gasteiger partial charge < -0.3 is 5.73 Å². The molecule has 0 spiro atoms. The lowest BCUT2D eigenvalue weighted by Gasteiger charge is -2.05. The largest absolute Gasteiger partial charge is 0.329 e. The molecule has 0 fully saturated rings. The van der Waals surface area contributed by atoms with Crippen molar-refractivity contribution in [2.75, 3.05) is 6.54 Å². The van der Waals surface area contributed by atoms with Gasteiger partial charge in [0.2, 0.25) is 0 Å². The zero-order chi connectivity index (χ0) is 12.3. The predicted molar refractivity (Wildman–Crippen MR) is 66.1 cm³/mol. The summed E-state index contributed by atoms with van der Waals surface area (Å²) in [5.41, 5.74) is 6.41. The van der Waals surface area contributed by atoms with E-state index in [1.54, 1.807) is 16.8 Å². The molecule has 7 heteroatoms. The van der Waals surface area contributed by atoms with Gasteiger partial charge in [0.25, 0.3) is 0 Å². The fourth-order valence-corrected chi connectivity index (χ4v) is 1.96. The highest BCUT2D eigenvalue weighted by atomic mass is 35.5. The van der Waals surface area contributed by atoms with E-state index in [1.807, 2.05) is 6.07 Å². The predicted octanol–water partition coefficient (Wildman–Crippen LogP) is 1.53. The van der Waals surface area contributed by atoms with Gasteiger partial charge in [0, 0.05) is 23.0 Å². The molecule has 0 saturated carbocycles. The van der Waals surface area contributed by atoms with Gasteiger partial charge in [0.05, 0.1) is 6.54 Å². The first-order chi connectivity index (χ1) is 8.20. The number of rotatable bonds is 4. The fourth-order valence-electron chi connectivity index (χ4n) is 1.48. The van der Waals surface area contributed by atoms with Gasteiger partial charge in [0.15, 0.2) is 5.82 Å². The maximum atomic E-state index is 6.09. The fraction of sp³-hybridized carbons (Fsp3) is 0.300. The Morgan fingerprint density at radius 3 is 2.82 bits per heavy atom. The number of hydrogen-bond acceptors (Lipinski definition) is 4. The van der Waals surface area contributed by atoms with Crippen LogP contribution in [-0.4, -0.2) is 26.8 Å². The van der Waals surface area contributed by atoms with Crippen LogP contribution in [-0.2, 0) is 13.0 Å². The number of halogens is 2. The molecule has 1 aromatic heterocycles. The second-order valence-corrected chi connectivity index (χ2v) is 4.36. The Morgan fingerprint density at radius 2 is 2.12 bits per heavy atom. The maximum absolute atomic E-state index is 6.09. The molecule has 0 aliphatic rings. The molecule has 0 unspecified atom stereocenters. The number of benzene rings is 1. The number of tetrazole rings is 1. The van der Waals surface area contributed by atoms with Gasteiger partial charge in [-0.1, -0.05) is 29.3 Å². The van der Waals surface area contributed by atoms with Gasteiger partial charge in [-0.3, -0.25) is 0 Å². The van der Waals surface area contributed by atoms with Crippen molar-refractivity contribution in [2.24, 2.45) is 5.73 Å². The van der Waals surface area contributed by atoms with Crippen molar-refractivity contribution < 1.29 is 0 Å². The number of nitrogens with zero attached hydrogens (tertiary/aromatic N) is 4. The van der Waals surface area contributed by atoms with Crippen molar-refractivity contribution >= 4 is 23.2 Å². The van der Waals surface area contributed by atoms with E-state index in [0.717, 1.165) is 11.4 Å².